The Hall–Kier alpha value is -3.70. The van der Waals surface area contributed by atoms with Crippen molar-refractivity contribution >= 4 is 39.3 Å². The quantitative estimate of drug-likeness (QED) is 0.470. The van der Waals surface area contributed by atoms with Gasteiger partial charge < -0.3 is 9.30 Å². The van der Waals surface area contributed by atoms with Gasteiger partial charge in [0.05, 0.1) is 29.0 Å². The lowest BCUT2D eigenvalue weighted by molar-refractivity contribution is -0.118. The van der Waals surface area contributed by atoms with Gasteiger partial charge in [0.25, 0.3) is 17.7 Å². The van der Waals surface area contributed by atoms with Crippen molar-refractivity contribution in [3.05, 3.63) is 58.4 Å². The number of hydrogen-bond acceptors (Lipinski definition) is 5. The molecule has 0 aliphatic carbocycles. The largest absolute Gasteiger partial charge is 0.492 e. The summed E-state index contributed by atoms with van der Waals surface area (Å²) >= 11 is 1.29. The predicted octanol–water partition coefficient (Wildman–Crippen LogP) is 2.46. The van der Waals surface area contributed by atoms with E-state index in [1.165, 1.54) is 11.3 Å². The molecule has 0 saturated carbocycles. The summed E-state index contributed by atoms with van der Waals surface area (Å²) in [5, 5.41) is 0. The highest BCUT2D eigenvalue weighted by molar-refractivity contribution is 7.16. The molecular weight excluding hydrogens is 402 g/mol. The Kier molecular flexibility index (Phi) is 5.21. The number of fused-ring (bicyclic) bond motifs is 2. The highest BCUT2D eigenvalue weighted by Crippen LogP contribution is 2.27. The van der Waals surface area contributed by atoms with Crippen LogP contribution in [0.4, 0.5) is 0 Å². The summed E-state index contributed by atoms with van der Waals surface area (Å²) in [6.07, 6.45) is 5.52. The van der Waals surface area contributed by atoms with E-state index in [1.807, 2.05) is 25.1 Å². The van der Waals surface area contributed by atoms with E-state index in [1.54, 1.807) is 28.8 Å². The number of rotatable bonds is 5. The van der Waals surface area contributed by atoms with E-state index in [0.717, 1.165) is 15.1 Å². The zero-order valence-electron chi connectivity index (χ0n) is 16.1. The first-order valence-electron chi connectivity index (χ1n) is 9.26. The number of para-hydroxylation sites is 1. The second-order valence-electron chi connectivity index (χ2n) is 6.46. The van der Waals surface area contributed by atoms with Gasteiger partial charge in [-0.2, -0.15) is 4.99 Å². The van der Waals surface area contributed by atoms with Crippen LogP contribution >= 0.6 is 11.3 Å². The van der Waals surface area contributed by atoms with Crippen molar-refractivity contribution in [1.82, 2.24) is 9.47 Å². The molecule has 0 unspecified atom stereocenters. The molecule has 4 rings (SSSR count). The molecule has 0 atom stereocenters. The lowest BCUT2D eigenvalue weighted by Crippen LogP contribution is -2.35. The fourth-order valence-corrected chi connectivity index (χ4v) is 4.42. The van der Waals surface area contributed by atoms with Gasteiger partial charge in [-0.15, -0.1) is 6.42 Å². The van der Waals surface area contributed by atoms with Crippen LogP contribution < -0.4 is 9.54 Å². The molecule has 8 heteroatoms. The summed E-state index contributed by atoms with van der Waals surface area (Å²) < 4.78 is 8.28. The van der Waals surface area contributed by atoms with Gasteiger partial charge in [-0.3, -0.25) is 19.3 Å². The molecule has 1 aliphatic heterocycles. The Bertz CT molecular complexity index is 1260. The molecule has 2 heterocycles. The van der Waals surface area contributed by atoms with Gasteiger partial charge in [0.15, 0.2) is 4.80 Å². The third-order valence-electron chi connectivity index (χ3n) is 4.61. The number of thiazole rings is 1. The van der Waals surface area contributed by atoms with E-state index in [2.05, 4.69) is 10.9 Å². The second kappa shape index (κ2) is 7.97. The Balaban J connectivity index is 1.70. The minimum Gasteiger partial charge on any atom is -0.492 e. The monoisotopic (exact) mass is 419 g/mol. The van der Waals surface area contributed by atoms with E-state index in [9.17, 15) is 14.4 Å². The van der Waals surface area contributed by atoms with E-state index in [0.29, 0.717) is 28.3 Å². The van der Waals surface area contributed by atoms with Gasteiger partial charge >= 0.3 is 0 Å². The van der Waals surface area contributed by atoms with Crippen LogP contribution in [0.5, 0.6) is 5.75 Å². The highest BCUT2D eigenvalue weighted by atomic mass is 32.1. The van der Waals surface area contributed by atoms with Crippen molar-refractivity contribution in [2.45, 2.75) is 13.5 Å². The number of benzene rings is 2. The first-order valence-corrected chi connectivity index (χ1v) is 10.1. The first kappa shape index (κ1) is 19.6. The zero-order chi connectivity index (χ0) is 21.3. The normalized spacial score (nSPS) is 13.6. The summed E-state index contributed by atoms with van der Waals surface area (Å²) in [6, 6.07) is 12.1. The third kappa shape index (κ3) is 3.29. The molecule has 0 spiro atoms. The molecule has 3 aromatic rings. The zero-order valence-corrected chi connectivity index (χ0v) is 16.9. The van der Waals surface area contributed by atoms with Gasteiger partial charge in [-0.05, 0) is 31.2 Å². The van der Waals surface area contributed by atoms with Crippen LogP contribution in [0.15, 0.2) is 47.5 Å². The maximum Gasteiger partial charge on any atom is 0.268 e. The number of hydrogen-bond donors (Lipinski definition) is 0. The minimum absolute atomic E-state index is 0.198. The molecule has 150 valence electrons. The molecular formula is C22H17N3O4S. The Morgan fingerprint density at radius 2 is 1.83 bits per heavy atom. The van der Waals surface area contributed by atoms with Crippen LogP contribution in [0, 0.1) is 12.3 Å². The first-order chi connectivity index (χ1) is 14.5. The van der Waals surface area contributed by atoms with Crippen molar-refractivity contribution in [2.75, 3.05) is 13.2 Å². The van der Waals surface area contributed by atoms with Gasteiger partial charge in [-0.25, -0.2) is 0 Å². The van der Waals surface area contributed by atoms with E-state index >= 15 is 0 Å². The second-order valence-corrected chi connectivity index (χ2v) is 7.47. The molecule has 1 aliphatic rings. The molecule has 0 radical (unpaired) electrons. The van der Waals surface area contributed by atoms with Crippen molar-refractivity contribution in [1.29, 1.82) is 0 Å². The molecule has 2 aromatic carbocycles. The van der Waals surface area contributed by atoms with Gasteiger partial charge in [-0.1, -0.05) is 35.5 Å². The molecule has 1 aromatic heterocycles. The Morgan fingerprint density at radius 1 is 1.13 bits per heavy atom. The van der Waals surface area contributed by atoms with Crippen LogP contribution in [0.2, 0.25) is 0 Å². The van der Waals surface area contributed by atoms with Gasteiger partial charge in [0, 0.05) is 0 Å². The van der Waals surface area contributed by atoms with Crippen LogP contribution in [-0.2, 0) is 11.3 Å². The maximum absolute atomic E-state index is 12.7. The van der Waals surface area contributed by atoms with Gasteiger partial charge in [0.1, 0.15) is 17.8 Å². The van der Waals surface area contributed by atoms with Crippen molar-refractivity contribution in [3.63, 3.8) is 0 Å². The molecule has 0 saturated heterocycles. The average molecular weight is 419 g/mol. The smallest absolute Gasteiger partial charge is 0.268 e. The Labute approximate surface area is 176 Å². The maximum atomic E-state index is 12.7. The van der Waals surface area contributed by atoms with Crippen molar-refractivity contribution in [2.24, 2.45) is 4.99 Å². The molecule has 0 bridgehead atoms. The van der Waals surface area contributed by atoms with E-state index in [-0.39, 0.29) is 6.54 Å². The third-order valence-corrected chi connectivity index (χ3v) is 5.65. The van der Waals surface area contributed by atoms with Crippen molar-refractivity contribution in [3.8, 4) is 18.1 Å². The van der Waals surface area contributed by atoms with E-state index < -0.39 is 24.3 Å². The summed E-state index contributed by atoms with van der Waals surface area (Å²) in [5.41, 5.74) is 1.34. The predicted molar refractivity (Wildman–Crippen MR) is 112 cm³/mol. The number of carbonyl (C=O) groups excluding carboxylic acids is 3. The number of nitrogens with zero attached hydrogens (tertiary/aromatic N) is 3. The average Bonchev–Trinajstić information content (AvgIpc) is 3.20. The topological polar surface area (TPSA) is 81.0 Å². The molecule has 7 nitrogen and oxygen atoms in total. The molecule has 0 fully saturated rings. The Morgan fingerprint density at radius 3 is 2.47 bits per heavy atom. The number of amides is 3. The lowest BCUT2D eigenvalue weighted by Gasteiger charge is -2.10. The highest BCUT2D eigenvalue weighted by Gasteiger charge is 2.36. The summed E-state index contributed by atoms with van der Waals surface area (Å²) in [5.74, 6) is 1.62. The van der Waals surface area contributed by atoms with Crippen LogP contribution in [0.1, 0.15) is 27.6 Å². The molecule has 0 N–H and O–H groups in total. The number of aromatic nitrogens is 1. The summed E-state index contributed by atoms with van der Waals surface area (Å²) in [4.78, 5) is 43.1. The number of ether oxygens (including phenoxy) is 1. The SMILES string of the molecule is C#CCn1c(=NC(=O)CN2C(=O)c3ccccc3C2=O)sc2cccc(OCC)c21. The fourth-order valence-electron chi connectivity index (χ4n) is 3.35. The van der Waals surface area contributed by atoms with Crippen LogP contribution in [0.3, 0.4) is 0 Å². The van der Waals surface area contributed by atoms with Crippen LogP contribution in [0.25, 0.3) is 10.2 Å². The number of terminal acetylenes is 1. The molecule has 30 heavy (non-hydrogen) atoms. The molecule has 3 amide bonds. The number of imide groups is 1. The van der Waals surface area contributed by atoms with Crippen molar-refractivity contribution < 1.29 is 19.1 Å². The number of carbonyl (C=O) groups is 3. The van der Waals surface area contributed by atoms with Gasteiger partial charge in [0.2, 0.25) is 0 Å². The summed E-state index contributed by atoms with van der Waals surface area (Å²) in [7, 11) is 0. The lowest BCUT2D eigenvalue weighted by atomic mass is 10.1. The van der Waals surface area contributed by atoms with E-state index in [4.69, 9.17) is 11.2 Å². The standard InChI is InChI=1S/C22H17N3O4S/c1-3-12-24-19-16(29-4-2)10-7-11-17(19)30-22(24)23-18(26)13-25-20(27)14-8-5-6-9-15(14)21(25)28/h1,5-11H,4,12-13H2,2H3. The fraction of sp³-hybridized carbons (Fsp3) is 0.182. The summed E-state index contributed by atoms with van der Waals surface area (Å²) in [6.45, 7) is 2.13. The minimum atomic E-state index is -0.611. The van der Waals surface area contributed by atoms with Crippen LogP contribution in [-0.4, -0.2) is 40.3 Å².